The first-order valence-corrected chi connectivity index (χ1v) is 11.6. The molecule has 3 N–H and O–H groups in total. The normalized spacial score (nSPS) is 16.3. The quantitative estimate of drug-likeness (QED) is 0.506. The van der Waals surface area contributed by atoms with Crippen LogP contribution in [0.15, 0.2) is 48.5 Å². The molecule has 1 fully saturated rings. The number of hydrogen-bond donors (Lipinski definition) is 3. The summed E-state index contributed by atoms with van der Waals surface area (Å²) >= 11 is 0. The fourth-order valence-electron chi connectivity index (χ4n) is 4.52. The van der Waals surface area contributed by atoms with Crippen molar-refractivity contribution in [2.24, 2.45) is 5.92 Å². The van der Waals surface area contributed by atoms with Gasteiger partial charge in [-0.15, -0.1) is 0 Å². The highest BCUT2D eigenvalue weighted by Gasteiger charge is 2.33. The molecule has 0 saturated heterocycles. The van der Waals surface area contributed by atoms with Crippen LogP contribution in [0.25, 0.3) is 11.1 Å². The van der Waals surface area contributed by atoms with Gasteiger partial charge < -0.3 is 20.5 Å². The standard InChI is InChI=1S/C26H30N2O5/c1-2-7-22(24(29)27-23(25(30)31)14-16-12-13-16)28-26(32)33-15-21-19-10-5-3-8-17(19)18-9-4-6-11-20(18)21/h3-6,8-11,16,21-23H,2,7,12-15H2,1H3,(H,27,29)(H,28,32)(H,30,31)/t22-,23?/m1/s1. The lowest BCUT2D eigenvalue weighted by Gasteiger charge is -2.21. The molecule has 0 aliphatic heterocycles. The minimum Gasteiger partial charge on any atom is -0.480 e. The smallest absolute Gasteiger partial charge is 0.407 e. The summed E-state index contributed by atoms with van der Waals surface area (Å²) < 4.78 is 5.55. The molecule has 174 valence electrons. The second kappa shape index (κ2) is 10.1. The molecule has 2 amide bonds. The zero-order chi connectivity index (χ0) is 23.4. The van der Waals surface area contributed by atoms with Gasteiger partial charge in [0.1, 0.15) is 18.7 Å². The van der Waals surface area contributed by atoms with Gasteiger partial charge in [-0.2, -0.15) is 0 Å². The predicted molar refractivity (Wildman–Crippen MR) is 124 cm³/mol. The van der Waals surface area contributed by atoms with Gasteiger partial charge in [-0.25, -0.2) is 9.59 Å². The molecule has 2 aliphatic carbocycles. The van der Waals surface area contributed by atoms with E-state index in [1.54, 1.807) is 0 Å². The zero-order valence-corrected chi connectivity index (χ0v) is 18.8. The summed E-state index contributed by atoms with van der Waals surface area (Å²) in [5.41, 5.74) is 4.50. The van der Waals surface area contributed by atoms with Crippen molar-refractivity contribution in [1.82, 2.24) is 10.6 Å². The van der Waals surface area contributed by atoms with Crippen LogP contribution in [0.4, 0.5) is 4.79 Å². The number of nitrogens with one attached hydrogen (secondary N) is 2. The van der Waals surface area contributed by atoms with E-state index in [1.807, 2.05) is 43.3 Å². The fraction of sp³-hybridized carbons (Fsp3) is 0.423. The molecule has 2 aromatic carbocycles. The second-order valence-corrected chi connectivity index (χ2v) is 8.89. The third kappa shape index (κ3) is 5.35. The van der Waals surface area contributed by atoms with Gasteiger partial charge in [0.2, 0.25) is 5.91 Å². The van der Waals surface area contributed by atoms with Gasteiger partial charge >= 0.3 is 12.1 Å². The van der Waals surface area contributed by atoms with Crippen molar-refractivity contribution in [3.8, 4) is 11.1 Å². The molecular weight excluding hydrogens is 420 g/mol. The maximum Gasteiger partial charge on any atom is 0.407 e. The van der Waals surface area contributed by atoms with Gasteiger partial charge in [0.25, 0.3) is 0 Å². The molecule has 1 saturated carbocycles. The van der Waals surface area contributed by atoms with Gasteiger partial charge in [0.15, 0.2) is 0 Å². The lowest BCUT2D eigenvalue weighted by molar-refractivity contribution is -0.142. The summed E-state index contributed by atoms with van der Waals surface area (Å²) in [5, 5.41) is 14.7. The Morgan fingerprint density at radius 3 is 2.12 bits per heavy atom. The average molecular weight is 451 g/mol. The molecule has 0 heterocycles. The summed E-state index contributed by atoms with van der Waals surface area (Å²) in [6.45, 7) is 2.05. The number of alkyl carbamates (subject to hydrolysis) is 1. The van der Waals surface area contributed by atoms with Crippen LogP contribution in [0.3, 0.4) is 0 Å². The Bertz CT molecular complexity index is 987. The molecule has 1 unspecified atom stereocenters. The van der Waals surface area contributed by atoms with Crippen LogP contribution in [0, 0.1) is 5.92 Å². The van der Waals surface area contributed by atoms with Gasteiger partial charge in [-0.3, -0.25) is 4.79 Å². The maximum absolute atomic E-state index is 12.7. The molecule has 0 bridgehead atoms. The van der Waals surface area contributed by atoms with Crippen LogP contribution in [0.5, 0.6) is 0 Å². The van der Waals surface area contributed by atoms with Gasteiger partial charge in [-0.05, 0) is 41.0 Å². The summed E-state index contributed by atoms with van der Waals surface area (Å²) in [5.74, 6) is -1.26. The highest BCUT2D eigenvalue weighted by atomic mass is 16.5. The Morgan fingerprint density at radius 2 is 1.58 bits per heavy atom. The van der Waals surface area contributed by atoms with Crippen LogP contribution in [-0.2, 0) is 14.3 Å². The molecule has 2 atom stereocenters. The van der Waals surface area contributed by atoms with Crippen LogP contribution in [0.1, 0.15) is 56.1 Å². The highest BCUT2D eigenvalue weighted by molar-refractivity contribution is 5.89. The molecule has 0 radical (unpaired) electrons. The van der Waals surface area contributed by atoms with Crippen LogP contribution in [0.2, 0.25) is 0 Å². The molecular formula is C26H30N2O5. The van der Waals surface area contributed by atoms with E-state index in [9.17, 15) is 19.5 Å². The lowest BCUT2D eigenvalue weighted by atomic mass is 9.98. The molecule has 7 nitrogen and oxygen atoms in total. The average Bonchev–Trinajstić information content (AvgIpc) is 3.57. The molecule has 4 rings (SSSR count). The molecule has 0 aromatic heterocycles. The van der Waals surface area contributed by atoms with E-state index in [0.29, 0.717) is 25.2 Å². The van der Waals surface area contributed by atoms with E-state index in [0.717, 1.165) is 35.1 Å². The summed E-state index contributed by atoms with van der Waals surface area (Å²) in [6, 6.07) is 14.4. The SMILES string of the molecule is CCC[C@@H](NC(=O)OCC1c2ccccc2-c2ccccc21)C(=O)NC(CC1CC1)C(=O)O. The first-order valence-electron chi connectivity index (χ1n) is 11.6. The van der Waals surface area contributed by atoms with E-state index < -0.39 is 30.1 Å². The Hall–Kier alpha value is -3.35. The number of benzene rings is 2. The van der Waals surface area contributed by atoms with Crippen molar-refractivity contribution >= 4 is 18.0 Å². The van der Waals surface area contributed by atoms with Crippen LogP contribution in [-0.4, -0.2) is 41.8 Å². The van der Waals surface area contributed by atoms with Crippen molar-refractivity contribution in [2.45, 2.75) is 57.0 Å². The summed E-state index contributed by atoms with van der Waals surface area (Å²) in [4.78, 5) is 36.8. The van der Waals surface area contributed by atoms with E-state index in [4.69, 9.17) is 4.74 Å². The van der Waals surface area contributed by atoms with Crippen LogP contribution < -0.4 is 10.6 Å². The van der Waals surface area contributed by atoms with Gasteiger partial charge in [0.05, 0.1) is 0 Å². The molecule has 7 heteroatoms. The number of ether oxygens (including phenoxy) is 1. The summed E-state index contributed by atoms with van der Waals surface area (Å²) in [7, 11) is 0. The second-order valence-electron chi connectivity index (χ2n) is 8.89. The topological polar surface area (TPSA) is 105 Å². The lowest BCUT2D eigenvalue weighted by Crippen LogP contribution is -2.51. The number of carbonyl (C=O) groups is 3. The molecule has 2 aliphatic rings. The van der Waals surface area contributed by atoms with Crippen LogP contribution >= 0.6 is 0 Å². The third-order valence-electron chi connectivity index (χ3n) is 6.41. The predicted octanol–water partition coefficient (Wildman–Crippen LogP) is 4.06. The zero-order valence-electron chi connectivity index (χ0n) is 18.8. The highest BCUT2D eigenvalue weighted by Crippen LogP contribution is 2.44. The van der Waals surface area contributed by atoms with Crippen molar-refractivity contribution in [1.29, 1.82) is 0 Å². The summed E-state index contributed by atoms with van der Waals surface area (Å²) in [6.07, 6.45) is 2.78. The Morgan fingerprint density at radius 1 is 0.970 bits per heavy atom. The Labute approximate surface area is 193 Å². The number of carboxylic acids is 1. The van der Waals surface area contributed by atoms with Crippen molar-refractivity contribution in [2.75, 3.05) is 6.61 Å². The molecule has 0 spiro atoms. The van der Waals surface area contributed by atoms with Crippen molar-refractivity contribution in [3.05, 3.63) is 59.7 Å². The number of carboxylic acid groups (broad SMARTS) is 1. The Kier molecular flexibility index (Phi) is 6.96. The van der Waals surface area contributed by atoms with Crippen molar-refractivity contribution < 1.29 is 24.2 Å². The van der Waals surface area contributed by atoms with Gasteiger partial charge in [0, 0.05) is 5.92 Å². The van der Waals surface area contributed by atoms with E-state index >= 15 is 0 Å². The first kappa shape index (κ1) is 22.8. The minimum atomic E-state index is -1.05. The number of rotatable bonds is 10. The third-order valence-corrected chi connectivity index (χ3v) is 6.41. The van der Waals surface area contributed by atoms with Crippen molar-refractivity contribution in [3.63, 3.8) is 0 Å². The monoisotopic (exact) mass is 450 g/mol. The Balaban J connectivity index is 1.37. The number of fused-ring (bicyclic) bond motifs is 3. The number of carbonyl (C=O) groups excluding carboxylic acids is 2. The van der Waals surface area contributed by atoms with Gasteiger partial charge in [-0.1, -0.05) is 74.7 Å². The number of hydrogen-bond acceptors (Lipinski definition) is 4. The fourth-order valence-corrected chi connectivity index (χ4v) is 4.52. The number of amides is 2. The van der Waals surface area contributed by atoms with E-state index in [1.165, 1.54) is 0 Å². The molecule has 2 aromatic rings. The van der Waals surface area contributed by atoms with E-state index in [-0.39, 0.29) is 12.5 Å². The maximum atomic E-state index is 12.7. The largest absolute Gasteiger partial charge is 0.480 e. The minimum absolute atomic E-state index is 0.0727. The number of aliphatic carboxylic acids is 1. The first-order chi connectivity index (χ1) is 16.0. The van der Waals surface area contributed by atoms with E-state index in [2.05, 4.69) is 22.8 Å². The molecule has 33 heavy (non-hydrogen) atoms.